The Hall–Kier alpha value is -1.42. The summed E-state index contributed by atoms with van der Waals surface area (Å²) in [6, 6.07) is 5.39. The molecule has 0 unspecified atom stereocenters. The van der Waals surface area contributed by atoms with Gasteiger partial charge in [0.25, 0.3) is 0 Å². The van der Waals surface area contributed by atoms with Crippen molar-refractivity contribution in [1.29, 1.82) is 0 Å². The SMILES string of the molecule is CCCNCCCCCOC(=O)c1ccc(F)cc1. The van der Waals surface area contributed by atoms with E-state index in [1.54, 1.807) is 0 Å². The van der Waals surface area contributed by atoms with Gasteiger partial charge in [0.2, 0.25) is 0 Å². The van der Waals surface area contributed by atoms with Gasteiger partial charge in [0.05, 0.1) is 12.2 Å². The normalized spacial score (nSPS) is 10.4. The predicted octanol–water partition coefficient (Wildman–Crippen LogP) is 3.15. The van der Waals surface area contributed by atoms with Crippen molar-refractivity contribution < 1.29 is 13.9 Å². The zero-order valence-corrected chi connectivity index (χ0v) is 11.5. The lowest BCUT2D eigenvalue weighted by atomic mass is 10.2. The molecule has 0 spiro atoms. The second kappa shape index (κ2) is 9.50. The number of carbonyl (C=O) groups excluding carboxylic acids is 1. The summed E-state index contributed by atoms with van der Waals surface area (Å²) in [5.74, 6) is -0.736. The number of benzene rings is 1. The van der Waals surface area contributed by atoms with Crippen LogP contribution in [0, 0.1) is 5.82 Å². The van der Waals surface area contributed by atoms with Crippen LogP contribution in [0.2, 0.25) is 0 Å². The van der Waals surface area contributed by atoms with Crippen molar-refractivity contribution in [3.8, 4) is 0 Å². The molecule has 106 valence electrons. The van der Waals surface area contributed by atoms with E-state index in [4.69, 9.17) is 4.74 Å². The Labute approximate surface area is 114 Å². The number of hydrogen-bond acceptors (Lipinski definition) is 3. The Balaban J connectivity index is 2.06. The molecule has 1 aromatic rings. The quantitative estimate of drug-likeness (QED) is 0.552. The Morgan fingerprint density at radius 2 is 1.89 bits per heavy atom. The molecule has 0 aliphatic rings. The van der Waals surface area contributed by atoms with Crippen LogP contribution in [0.15, 0.2) is 24.3 Å². The molecule has 1 N–H and O–H groups in total. The molecule has 0 atom stereocenters. The van der Waals surface area contributed by atoms with Crippen molar-refractivity contribution in [3.63, 3.8) is 0 Å². The first-order valence-electron chi connectivity index (χ1n) is 6.87. The largest absolute Gasteiger partial charge is 0.462 e. The van der Waals surface area contributed by atoms with Crippen LogP contribution in [0.5, 0.6) is 0 Å². The average Bonchev–Trinajstić information content (AvgIpc) is 2.42. The smallest absolute Gasteiger partial charge is 0.338 e. The van der Waals surface area contributed by atoms with E-state index in [1.165, 1.54) is 24.3 Å². The van der Waals surface area contributed by atoms with Gasteiger partial charge in [0, 0.05) is 0 Å². The van der Waals surface area contributed by atoms with E-state index in [0.717, 1.165) is 38.8 Å². The highest BCUT2D eigenvalue weighted by Gasteiger charge is 2.06. The molecule has 0 aliphatic carbocycles. The Morgan fingerprint density at radius 3 is 2.58 bits per heavy atom. The van der Waals surface area contributed by atoms with Gasteiger partial charge in [-0.15, -0.1) is 0 Å². The minimum atomic E-state index is -0.385. The molecule has 0 heterocycles. The summed E-state index contributed by atoms with van der Waals surface area (Å²) in [6.45, 7) is 4.63. The number of ether oxygens (including phenoxy) is 1. The van der Waals surface area contributed by atoms with E-state index < -0.39 is 0 Å². The highest BCUT2D eigenvalue weighted by molar-refractivity contribution is 5.89. The Bertz CT molecular complexity index is 365. The van der Waals surface area contributed by atoms with Crippen LogP contribution in [0.4, 0.5) is 4.39 Å². The van der Waals surface area contributed by atoms with Crippen LogP contribution in [0.3, 0.4) is 0 Å². The first kappa shape index (κ1) is 15.6. The molecule has 0 aliphatic heterocycles. The van der Waals surface area contributed by atoms with Gasteiger partial charge in [-0.3, -0.25) is 0 Å². The lowest BCUT2D eigenvalue weighted by Crippen LogP contribution is -2.16. The van der Waals surface area contributed by atoms with Crippen LogP contribution in [-0.2, 0) is 4.74 Å². The van der Waals surface area contributed by atoms with Gasteiger partial charge >= 0.3 is 5.97 Å². The lowest BCUT2D eigenvalue weighted by Gasteiger charge is -2.05. The molecule has 0 saturated heterocycles. The maximum absolute atomic E-state index is 12.7. The van der Waals surface area contributed by atoms with Gasteiger partial charge < -0.3 is 10.1 Å². The molecule has 0 aromatic heterocycles. The molecule has 0 bridgehead atoms. The van der Waals surface area contributed by atoms with E-state index in [1.807, 2.05) is 0 Å². The van der Waals surface area contributed by atoms with Crippen molar-refractivity contribution in [2.24, 2.45) is 0 Å². The van der Waals surface area contributed by atoms with Crippen LogP contribution in [0.1, 0.15) is 43.0 Å². The van der Waals surface area contributed by atoms with E-state index in [-0.39, 0.29) is 11.8 Å². The van der Waals surface area contributed by atoms with Gasteiger partial charge in [-0.2, -0.15) is 0 Å². The topological polar surface area (TPSA) is 38.3 Å². The molecule has 4 heteroatoms. The number of rotatable bonds is 9. The summed E-state index contributed by atoms with van der Waals surface area (Å²) in [5.41, 5.74) is 0.394. The van der Waals surface area contributed by atoms with Crippen LogP contribution in [0.25, 0.3) is 0 Å². The van der Waals surface area contributed by atoms with Gasteiger partial charge in [0.1, 0.15) is 5.82 Å². The third-order valence-electron chi connectivity index (χ3n) is 2.74. The van der Waals surface area contributed by atoms with Crippen molar-refractivity contribution >= 4 is 5.97 Å². The van der Waals surface area contributed by atoms with E-state index in [2.05, 4.69) is 12.2 Å². The third kappa shape index (κ3) is 6.91. The van der Waals surface area contributed by atoms with E-state index >= 15 is 0 Å². The highest BCUT2D eigenvalue weighted by Crippen LogP contribution is 2.05. The average molecular weight is 267 g/mol. The molecule has 19 heavy (non-hydrogen) atoms. The van der Waals surface area contributed by atoms with Crippen LogP contribution in [-0.4, -0.2) is 25.7 Å². The minimum Gasteiger partial charge on any atom is -0.462 e. The van der Waals surface area contributed by atoms with Gasteiger partial charge in [-0.1, -0.05) is 6.92 Å². The zero-order chi connectivity index (χ0) is 13.9. The van der Waals surface area contributed by atoms with Gasteiger partial charge in [-0.25, -0.2) is 9.18 Å². The second-order valence-corrected chi connectivity index (χ2v) is 4.45. The summed E-state index contributed by atoms with van der Waals surface area (Å²) >= 11 is 0. The maximum atomic E-state index is 12.7. The van der Waals surface area contributed by atoms with E-state index in [0.29, 0.717) is 12.2 Å². The summed E-state index contributed by atoms with van der Waals surface area (Å²) in [4.78, 5) is 11.6. The lowest BCUT2D eigenvalue weighted by molar-refractivity contribution is 0.0498. The first-order chi connectivity index (χ1) is 9.24. The molecular weight excluding hydrogens is 245 g/mol. The summed E-state index contributed by atoms with van der Waals surface area (Å²) in [5, 5.41) is 3.32. The fraction of sp³-hybridized carbons (Fsp3) is 0.533. The number of esters is 1. The molecule has 0 amide bonds. The fourth-order valence-corrected chi connectivity index (χ4v) is 1.66. The Morgan fingerprint density at radius 1 is 1.16 bits per heavy atom. The van der Waals surface area contributed by atoms with Crippen molar-refractivity contribution in [2.75, 3.05) is 19.7 Å². The number of hydrogen-bond donors (Lipinski definition) is 1. The zero-order valence-electron chi connectivity index (χ0n) is 11.5. The Kier molecular flexibility index (Phi) is 7.82. The van der Waals surface area contributed by atoms with Crippen molar-refractivity contribution in [1.82, 2.24) is 5.32 Å². The summed E-state index contributed by atoms with van der Waals surface area (Å²) < 4.78 is 17.8. The number of nitrogens with one attached hydrogen (secondary N) is 1. The molecule has 0 radical (unpaired) electrons. The first-order valence-corrected chi connectivity index (χ1v) is 6.87. The van der Waals surface area contributed by atoms with Crippen molar-refractivity contribution in [2.45, 2.75) is 32.6 Å². The number of carbonyl (C=O) groups is 1. The summed E-state index contributed by atoms with van der Waals surface area (Å²) in [7, 11) is 0. The molecule has 1 aromatic carbocycles. The molecule has 0 fully saturated rings. The van der Waals surface area contributed by atoms with Gasteiger partial charge in [0.15, 0.2) is 0 Å². The number of halogens is 1. The monoisotopic (exact) mass is 267 g/mol. The molecule has 0 saturated carbocycles. The maximum Gasteiger partial charge on any atom is 0.338 e. The minimum absolute atomic E-state index is 0.351. The standard InChI is InChI=1S/C15H22FNO2/c1-2-10-17-11-4-3-5-12-19-15(18)13-6-8-14(16)9-7-13/h6-9,17H,2-5,10-12H2,1H3. The fourth-order valence-electron chi connectivity index (χ4n) is 1.66. The molecule has 3 nitrogen and oxygen atoms in total. The number of unbranched alkanes of at least 4 members (excludes halogenated alkanes) is 2. The predicted molar refractivity (Wildman–Crippen MR) is 73.7 cm³/mol. The van der Waals surface area contributed by atoms with Crippen LogP contribution < -0.4 is 5.32 Å². The van der Waals surface area contributed by atoms with Crippen molar-refractivity contribution in [3.05, 3.63) is 35.6 Å². The highest BCUT2D eigenvalue weighted by atomic mass is 19.1. The van der Waals surface area contributed by atoms with Crippen LogP contribution >= 0.6 is 0 Å². The second-order valence-electron chi connectivity index (χ2n) is 4.45. The molecule has 1 rings (SSSR count). The molecular formula is C15H22FNO2. The van der Waals surface area contributed by atoms with E-state index in [9.17, 15) is 9.18 Å². The van der Waals surface area contributed by atoms with Gasteiger partial charge in [-0.05, 0) is 63.0 Å². The summed E-state index contributed by atoms with van der Waals surface area (Å²) in [6.07, 6.45) is 4.14. The third-order valence-corrected chi connectivity index (χ3v) is 2.74.